The molecule has 0 spiro atoms. The molecular weight excluding hydrogens is 267 g/mol. The molecule has 0 saturated carbocycles. The van der Waals surface area contributed by atoms with Crippen LogP contribution in [-0.2, 0) is 6.54 Å². The lowest BCUT2D eigenvalue weighted by molar-refractivity contribution is 0.241. The SMILES string of the molecule is CC(C)CN(CCC#N)Cc1ccc(F)c(C#CCO)c1. The molecule has 0 amide bonds. The molecule has 0 fully saturated rings. The standard InChI is InChI=1S/C17H21FN2O/c1-14(2)12-20(9-4-8-19)13-15-6-7-17(18)16(11-15)5-3-10-21/h6-7,11,14,21H,4,9-10,12-13H2,1-2H3. The van der Waals surface area contributed by atoms with Crippen LogP contribution in [0.5, 0.6) is 0 Å². The maximum absolute atomic E-state index is 13.6. The summed E-state index contributed by atoms with van der Waals surface area (Å²) >= 11 is 0. The van der Waals surface area contributed by atoms with Crippen molar-refractivity contribution in [2.45, 2.75) is 26.8 Å². The highest BCUT2D eigenvalue weighted by molar-refractivity contribution is 5.38. The van der Waals surface area contributed by atoms with E-state index in [0.29, 0.717) is 31.0 Å². The minimum Gasteiger partial charge on any atom is -0.384 e. The Morgan fingerprint density at radius 3 is 2.76 bits per heavy atom. The number of hydrogen-bond acceptors (Lipinski definition) is 3. The van der Waals surface area contributed by atoms with E-state index in [1.807, 2.05) is 0 Å². The molecule has 0 aliphatic carbocycles. The highest BCUT2D eigenvalue weighted by Gasteiger charge is 2.09. The molecule has 112 valence electrons. The lowest BCUT2D eigenvalue weighted by Crippen LogP contribution is -2.28. The summed E-state index contributed by atoms with van der Waals surface area (Å²) in [6, 6.07) is 6.99. The number of benzene rings is 1. The topological polar surface area (TPSA) is 47.3 Å². The van der Waals surface area contributed by atoms with Crippen LogP contribution < -0.4 is 0 Å². The number of halogens is 1. The number of nitriles is 1. The largest absolute Gasteiger partial charge is 0.384 e. The fourth-order valence-corrected chi connectivity index (χ4v) is 2.12. The molecule has 0 heterocycles. The van der Waals surface area contributed by atoms with Crippen molar-refractivity contribution in [1.29, 1.82) is 5.26 Å². The van der Waals surface area contributed by atoms with Crippen molar-refractivity contribution in [1.82, 2.24) is 4.90 Å². The molecule has 4 heteroatoms. The summed E-state index contributed by atoms with van der Waals surface area (Å²) in [6.45, 7) is 6.21. The van der Waals surface area contributed by atoms with Crippen LogP contribution in [0.25, 0.3) is 0 Å². The third kappa shape index (κ3) is 6.40. The van der Waals surface area contributed by atoms with E-state index in [2.05, 4.69) is 36.7 Å². The predicted molar refractivity (Wildman–Crippen MR) is 80.7 cm³/mol. The summed E-state index contributed by atoms with van der Waals surface area (Å²) < 4.78 is 13.6. The first-order valence-corrected chi connectivity index (χ1v) is 7.04. The van der Waals surface area contributed by atoms with Crippen molar-refractivity contribution in [3.05, 3.63) is 35.1 Å². The monoisotopic (exact) mass is 288 g/mol. The van der Waals surface area contributed by atoms with E-state index in [4.69, 9.17) is 10.4 Å². The molecule has 1 N–H and O–H groups in total. The summed E-state index contributed by atoms with van der Waals surface area (Å²) in [6.07, 6.45) is 0.477. The molecule has 0 bridgehead atoms. The molecule has 3 nitrogen and oxygen atoms in total. The quantitative estimate of drug-likeness (QED) is 0.818. The zero-order chi connectivity index (χ0) is 15.7. The Morgan fingerprint density at radius 1 is 1.38 bits per heavy atom. The molecule has 0 unspecified atom stereocenters. The van der Waals surface area contributed by atoms with Crippen LogP contribution >= 0.6 is 0 Å². The second-order valence-corrected chi connectivity index (χ2v) is 5.31. The van der Waals surface area contributed by atoms with Crippen LogP contribution in [0, 0.1) is 34.9 Å². The summed E-state index contributed by atoms with van der Waals surface area (Å²) in [4.78, 5) is 2.18. The Hall–Kier alpha value is -1.88. The van der Waals surface area contributed by atoms with E-state index in [0.717, 1.165) is 12.1 Å². The Bertz CT molecular complexity index is 552. The molecule has 0 atom stereocenters. The molecule has 0 aromatic heterocycles. The number of aliphatic hydroxyl groups is 1. The van der Waals surface area contributed by atoms with Crippen molar-refractivity contribution in [2.75, 3.05) is 19.7 Å². The van der Waals surface area contributed by atoms with Gasteiger partial charge in [0, 0.05) is 26.1 Å². The van der Waals surface area contributed by atoms with Gasteiger partial charge in [-0.3, -0.25) is 4.90 Å². The normalized spacial score (nSPS) is 10.3. The van der Waals surface area contributed by atoms with E-state index in [1.165, 1.54) is 6.07 Å². The van der Waals surface area contributed by atoms with Crippen LogP contribution in [0.2, 0.25) is 0 Å². The van der Waals surface area contributed by atoms with Gasteiger partial charge in [-0.2, -0.15) is 5.26 Å². The molecule has 0 saturated heterocycles. The lowest BCUT2D eigenvalue weighted by atomic mass is 10.1. The summed E-state index contributed by atoms with van der Waals surface area (Å²) in [5.41, 5.74) is 1.25. The average Bonchev–Trinajstić information content (AvgIpc) is 2.44. The second kappa shape index (κ2) is 9.13. The van der Waals surface area contributed by atoms with Crippen LogP contribution in [0.15, 0.2) is 18.2 Å². The molecule has 21 heavy (non-hydrogen) atoms. The van der Waals surface area contributed by atoms with Crippen LogP contribution in [0.3, 0.4) is 0 Å². The van der Waals surface area contributed by atoms with Gasteiger partial charge in [-0.15, -0.1) is 0 Å². The van der Waals surface area contributed by atoms with E-state index < -0.39 is 0 Å². The van der Waals surface area contributed by atoms with E-state index in [9.17, 15) is 4.39 Å². The van der Waals surface area contributed by atoms with Crippen LogP contribution in [0.1, 0.15) is 31.4 Å². The van der Waals surface area contributed by atoms with Gasteiger partial charge in [0.25, 0.3) is 0 Å². The minimum atomic E-state index is -0.382. The smallest absolute Gasteiger partial charge is 0.138 e. The fraction of sp³-hybridized carbons (Fsp3) is 0.471. The number of aliphatic hydroxyl groups excluding tert-OH is 1. The zero-order valence-corrected chi connectivity index (χ0v) is 12.6. The van der Waals surface area contributed by atoms with Crippen molar-refractivity contribution < 1.29 is 9.50 Å². The van der Waals surface area contributed by atoms with Crippen molar-refractivity contribution in [2.24, 2.45) is 5.92 Å². The Balaban J connectivity index is 2.85. The summed E-state index contributed by atoms with van der Waals surface area (Å²) in [5.74, 6) is 5.19. The molecular formula is C17H21FN2O. The van der Waals surface area contributed by atoms with Gasteiger partial charge in [0.15, 0.2) is 0 Å². The molecule has 1 rings (SSSR count). The molecule has 0 radical (unpaired) electrons. The van der Waals surface area contributed by atoms with Gasteiger partial charge >= 0.3 is 0 Å². The van der Waals surface area contributed by atoms with E-state index >= 15 is 0 Å². The third-order valence-electron chi connectivity index (χ3n) is 2.90. The van der Waals surface area contributed by atoms with Crippen molar-refractivity contribution in [3.63, 3.8) is 0 Å². The Kier molecular flexibility index (Phi) is 7.46. The highest BCUT2D eigenvalue weighted by atomic mass is 19.1. The van der Waals surface area contributed by atoms with Gasteiger partial charge in [-0.25, -0.2) is 4.39 Å². The number of nitrogens with zero attached hydrogens (tertiary/aromatic N) is 2. The summed E-state index contributed by atoms with van der Waals surface area (Å²) in [5, 5.41) is 17.4. The maximum Gasteiger partial charge on any atom is 0.138 e. The van der Waals surface area contributed by atoms with Gasteiger partial charge in [0.05, 0.1) is 11.6 Å². The van der Waals surface area contributed by atoms with E-state index in [-0.39, 0.29) is 12.4 Å². The zero-order valence-electron chi connectivity index (χ0n) is 12.6. The number of hydrogen-bond donors (Lipinski definition) is 1. The molecule has 1 aromatic rings. The minimum absolute atomic E-state index is 0.286. The van der Waals surface area contributed by atoms with E-state index in [1.54, 1.807) is 12.1 Å². The van der Waals surface area contributed by atoms with Crippen LogP contribution in [-0.4, -0.2) is 29.7 Å². The Morgan fingerprint density at radius 2 is 2.14 bits per heavy atom. The first-order chi connectivity index (χ1) is 10.1. The molecule has 1 aromatic carbocycles. The second-order valence-electron chi connectivity index (χ2n) is 5.31. The third-order valence-corrected chi connectivity index (χ3v) is 2.90. The maximum atomic E-state index is 13.6. The van der Waals surface area contributed by atoms with Gasteiger partial charge in [0.1, 0.15) is 12.4 Å². The van der Waals surface area contributed by atoms with Crippen LogP contribution in [0.4, 0.5) is 4.39 Å². The average molecular weight is 288 g/mol. The lowest BCUT2D eigenvalue weighted by Gasteiger charge is -2.23. The summed E-state index contributed by atoms with van der Waals surface area (Å²) in [7, 11) is 0. The van der Waals surface area contributed by atoms with Gasteiger partial charge < -0.3 is 5.11 Å². The predicted octanol–water partition coefficient (Wildman–Crippen LogP) is 2.54. The first-order valence-electron chi connectivity index (χ1n) is 7.04. The van der Waals surface area contributed by atoms with Gasteiger partial charge in [-0.05, 0) is 23.6 Å². The van der Waals surface area contributed by atoms with Gasteiger partial charge in [-0.1, -0.05) is 31.8 Å². The fourth-order valence-electron chi connectivity index (χ4n) is 2.12. The molecule has 0 aliphatic rings. The Labute approximate surface area is 126 Å². The van der Waals surface area contributed by atoms with Crippen molar-refractivity contribution >= 4 is 0 Å². The highest BCUT2D eigenvalue weighted by Crippen LogP contribution is 2.13. The molecule has 0 aliphatic heterocycles. The number of rotatable bonds is 6. The van der Waals surface area contributed by atoms with Crippen molar-refractivity contribution in [3.8, 4) is 17.9 Å². The first kappa shape index (κ1) is 17.2. The van der Waals surface area contributed by atoms with Gasteiger partial charge in [0.2, 0.25) is 0 Å².